The van der Waals surface area contributed by atoms with E-state index in [1.165, 1.54) is 13.2 Å². The van der Waals surface area contributed by atoms with Crippen molar-refractivity contribution in [2.24, 2.45) is 0 Å². The van der Waals surface area contributed by atoms with Crippen molar-refractivity contribution in [2.45, 2.75) is 13.0 Å². The van der Waals surface area contributed by atoms with E-state index in [4.69, 9.17) is 20.8 Å². The van der Waals surface area contributed by atoms with E-state index < -0.39 is 11.5 Å². The smallest absolute Gasteiger partial charge is 0.349 e. The molecule has 0 aliphatic rings. The molecule has 2 rings (SSSR count). The Morgan fingerprint density at radius 2 is 2.25 bits per heavy atom. The molecule has 0 aliphatic carbocycles. The van der Waals surface area contributed by atoms with Crippen LogP contribution in [0.2, 0.25) is 5.02 Å². The molecule has 5 nitrogen and oxygen atoms in total. The highest BCUT2D eigenvalue weighted by atomic mass is 35.5. The molecule has 1 N–H and O–H groups in total. The summed E-state index contributed by atoms with van der Waals surface area (Å²) in [6, 6.07) is 6.33. The second-order valence-electron chi connectivity index (χ2n) is 4.44. The number of hydrogen-bond donors (Lipinski definition) is 1. The third-order valence-electron chi connectivity index (χ3n) is 2.75. The van der Waals surface area contributed by atoms with E-state index in [9.17, 15) is 9.59 Å². The van der Waals surface area contributed by atoms with Crippen LogP contribution in [0.1, 0.15) is 17.3 Å². The Morgan fingerprint density at radius 3 is 2.95 bits per heavy atom. The highest BCUT2D eigenvalue weighted by Gasteiger charge is 2.16. The van der Waals surface area contributed by atoms with Crippen molar-refractivity contribution in [2.75, 3.05) is 13.7 Å². The largest absolute Gasteiger partial charge is 0.421 e. The summed E-state index contributed by atoms with van der Waals surface area (Å²) >= 11 is 5.94. The van der Waals surface area contributed by atoms with Gasteiger partial charge in [0.1, 0.15) is 5.56 Å². The number of para-hydroxylation sites is 1. The number of halogens is 1. The fraction of sp³-hybridized carbons (Fsp3) is 0.286. The molecule has 0 aliphatic heterocycles. The predicted molar refractivity (Wildman–Crippen MR) is 76.3 cm³/mol. The van der Waals surface area contributed by atoms with Crippen LogP contribution >= 0.6 is 11.6 Å². The second-order valence-corrected chi connectivity index (χ2v) is 4.84. The zero-order valence-corrected chi connectivity index (χ0v) is 11.9. The molecule has 2 aromatic rings. The maximum Gasteiger partial charge on any atom is 0.349 e. The first kappa shape index (κ1) is 14.6. The Hall–Kier alpha value is -1.85. The lowest BCUT2D eigenvalue weighted by Gasteiger charge is -2.12. The van der Waals surface area contributed by atoms with Gasteiger partial charge in [0.25, 0.3) is 5.91 Å². The summed E-state index contributed by atoms with van der Waals surface area (Å²) < 4.78 is 10.0. The lowest BCUT2D eigenvalue weighted by Crippen LogP contribution is -2.37. The van der Waals surface area contributed by atoms with Crippen molar-refractivity contribution < 1.29 is 13.9 Å². The Kier molecular flexibility index (Phi) is 4.42. The number of carbonyl (C=O) groups is 1. The van der Waals surface area contributed by atoms with E-state index in [-0.39, 0.29) is 17.2 Å². The second kappa shape index (κ2) is 6.07. The van der Waals surface area contributed by atoms with Crippen LogP contribution in [0.25, 0.3) is 11.0 Å². The molecule has 0 spiro atoms. The highest BCUT2D eigenvalue weighted by Crippen LogP contribution is 2.22. The summed E-state index contributed by atoms with van der Waals surface area (Å²) in [7, 11) is 1.54. The predicted octanol–water partition coefficient (Wildman–Crippen LogP) is 2.21. The quantitative estimate of drug-likeness (QED) is 0.878. The Bertz CT molecular complexity index is 695. The monoisotopic (exact) mass is 295 g/mol. The molecule has 1 aromatic carbocycles. The van der Waals surface area contributed by atoms with Gasteiger partial charge in [-0.3, -0.25) is 4.79 Å². The minimum atomic E-state index is -0.715. The van der Waals surface area contributed by atoms with Crippen LogP contribution in [-0.2, 0) is 4.74 Å². The van der Waals surface area contributed by atoms with Gasteiger partial charge in [0.2, 0.25) is 0 Å². The fourth-order valence-corrected chi connectivity index (χ4v) is 2.08. The molecular weight excluding hydrogens is 282 g/mol. The minimum Gasteiger partial charge on any atom is -0.421 e. The van der Waals surface area contributed by atoms with Crippen LogP contribution in [-0.4, -0.2) is 25.7 Å². The maximum absolute atomic E-state index is 12.0. The zero-order chi connectivity index (χ0) is 14.7. The standard InChI is InChI=1S/C14H14ClNO4/c1-8(7-19-2)16-13(17)10-6-9-4-3-5-11(15)12(9)20-14(10)18/h3-6,8H,7H2,1-2H3,(H,16,17)/t8-/m0/s1. The first-order valence-electron chi connectivity index (χ1n) is 6.05. The molecule has 1 amide bonds. The summed E-state index contributed by atoms with van der Waals surface area (Å²) in [5.74, 6) is -0.495. The number of rotatable bonds is 4. The van der Waals surface area contributed by atoms with Crippen LogP contribution in [0.5, 0.6) is 0 Å². The van der Waals surface area contributed by atoms with E-state index in [2.05, 4.69) is 5.32 Å². The summed E-state index contributed by atoms with van der Waals surface area (Å²) in [5.41, 5.74) is -0.490. The molecule has 1 atom stereocenters. The van der Waals surface area contributed by atoms with Crippen molar-refractivity contribution in [1.29, 1.82) is 0 Å². The molecule has 0 saturated heterocycles. The van der Waals surface area contributed by atoms with Crippen LogP contribution in [0.4, 0.5) is 0 Å². The average molecular weight is 296 g/mol. The molecule has 1 aromatic heterocycles. The Labute approximate surface area is 120 Å². The Balaban J connectivity index is 2.38. The first-order valence-corrected chi connectivity index (χ1v) is 6.43. The molecule has 1 heterocycles. The number of methoxy groups -OCH3 is 1. The van der Waals surface area contributed by atoms with Crippen molar-refractivity contribution in [1.82, 2.24) is 5.32 Å². The van der Waals surface area contributed by atoms with Gasteiger partial charge in [-0.1, -0.05) is 23.7 Å². The average Bonchev–Trinajstić information content (AvgIpc) is 2.39. The molecular formula is C14H14ClNO4. The molecule has 20 heavy (non-hydrogen) atoms. The number of carbonyl (C=O) groups excluding carboxylic acids is 1. The summed E-state index contributed by atoms with van der Waals surface area (Å²) in [6.45, 7) is 2.14. The number of fused-ring (bicyclic) bond motifs is 1. The van der Waals surface area contributed by atoms with Crippen molar-refractivity contribution >= 4 is 28.5 Å². The number of amides is 1. The third-order valence-corrected chi connectivity index (χ3v) is 3.05. The van der Waals surface area contributed by atoms with Crippen molar-refractivity contribution in [3.8, 4) is 0 Å². The maximum atomic E-state index is 12.0. The highest BCUT2D eigenvalue weighted by molar-refractivity contribution is 6.34. The van der Waals surface area contributed by atoms with Crippen molar-refractivity contribution in [3.63, 3.8) is 0 Å². The molecule has 0 bridgehead atoms. The van der Waals surface area contributed by atoms with E-state index in [1.807, 2.05) is 0 Å². The SMILES string of the molecule is COC[C@H](C)NC(=O)c1cc2cccc(Cl)c2oc1=O. The molecule has 0 fully saturated rings. The molecule has 6 heteroatoms. The lowest BCUT2D eigenvalue weighted by atomic mass is 10.1. The summed E-state index contributed by atoms with van der Waals surface area (Å²) in [5, 5.41) is 3.59. The number of hydrogen-bond acceptors (Lipinski definition) is 4. The van der Waals surface area contributed by atoms with E-state index in [1.54, 1.807) is 25.1 Å². The third kappa shape index (κ3) is 3.00. The molecule has 106 valence electrons. The molecule has 0 saturated carbocycles. The van der Waals surface area contributed by atoms with E-state index in [0.717, 1.165) is 0 Å². The Morgan fingerprint density at radius 1 is 1.50 bits per heavy atom. The fourth-order valence-electron chi connectivity index (χ4n) is 1.86. The topological polar surface area (TPSA) is 68.5 Å². The van der Waals surface area contributed by atoms with Gasteiger partial charge < -0.3 is 14.5 Å². The normalized spacial score (nSPS) is 12.3. The van der Waals surface area contributed by atoms with Gasteiger partial charge in [0.05, 0.1) is 11.6 Å². The lowest BCUT2D eigenvalue weighted by molar-refractivity contribution is 0.0902. The number of ether oxygens (including phenoxy) is 1. The number of nitrogens with one attached hydrogen (secondary N) is 1. The van der Waals surface area contributed by atoms with Gasteiger partial charge >= 0.3 is 5.63 Å². The van der Waals surface area contributed by atoms with Crippen LogP contribution in [0, 0.1) is 0 Å². The zero-order valence-electron chi connectivity index (χ0n) is 11.1. The summed E-state index contributed by atoms with van der Waals surface area (Å²) in [6.07, 6.45) is 0. The molecule has 0 radical (unpaired) electrons. The van der Waals surface area contributed by atoms with Gasteiger partial charge in [0, 0.05) is 18.5 Å². The van der Waals surface area contributed by atoms with Gasteiger partial charge in [-0.15, -0.1) is 0 Å². The van der Waals surface area contributed by atoms with Crippen LogP contribution < -0.4 is 10.9 Å². The van der Waals surface area contributed by atoms with E-state index >= 15 is 0 Å². The minimum absolute atomic E-state index is 0.0530. The van der Waals surface area contributed by atoms with Gasteiger partial charge in [-0.05, 0) is 19.1 Å². The van der Waals surface area contributed by atoms with E-state index in [0.29, 0.717) is 17.0 Å². The number of benzene rings is 1. The van der Waals surface area contributed by atoms with Crippen LogP contribution in [0.3, 0.4) is 0 Å². The van der Waals surface area contributed by atoms with Gasteiger partial charge in [0.15, 0.2) is 5.58 Å². The van der Waals surface area contributed by atoms with Gasteiger partial charge in [-0.2, -0.15) is 0 Å². The first-order chi connectivity index (χ1) is 9.52. The van der Waals surface area contributed by atoms with Crippen LogP contribution in [0.15, 0.2) is 33.5 Å². The van der Waals surface area contributed by atoms with Crippen molar-refractivity contribution in [3.05, 3.63) is 45.3 Å². The molecule has 0 unspecified atom stereocenters. The summed E-state index contributed by atoms with van der Waals surface area (Å²) in [4.78, 5) is 23.9. The van der Waals surface area contributed by atoms with Gasteiger partial charge in [-0.25, -0.2) is 4.79 Å².